The van der Waals surface area contributed by atoms with Gasteiger partial charge < -0.3 is 5.32 Å². The molecule has 0 aromatic heterocycles. The molecule has 104 valence electrons. The Kier molecular flexibility index (Phi) is 5.28. The summed E-state index contributed by atoms with van der Waals surface area (Å²) in [7, 11) is 0. The van der Waals surface area contributed by atoms with Crippen molar-refractivity contribution in [2.75, 3.05) is 5.88 Å². The summed E-state index contributed by atoms with van der Waals surface area (Å²) < 4.78 is 0.931. The lowest BCUT2D eigenvalue weighted by molar-refractivity contribution is 0.0910. The Morgan fingerprint density at radius 3 is 2.89 bits per heavy atom. The molecule has 2 atom stereocenters. The fourth-order valence-electron chi connectivity index (χ4n) is 2.67. The second-order valence-electron chi connectivity index (χ2n) is 5.24. The van der Waals surface area contributed by atoms with Gasteiger partial charge in [0.05, 0.1) is 0 Å². The second kappa shape index (κ2) is 6.76. The van der Waals surface area contributed by atoms with E-state index in [0.29, 0.717) is 11.8 Å². The Balaban J connectivity index is 2.09. The number of hydrogen-bond acceptors (Lipinski definition) is 1. The molecule has 0 aliphatic heterocycles. The highest BCUT2D eigenvalue weighted by Gasteiger charge is 2.26. The van der Waals surface area contributed by atoms with Gasteiger partial charge in [0.2, 0.25) is 0 Å². The molecule has 2 rings (SSSR count). The van der Waals surface area contributed by atoms with Gasteiger partial charge in [-0.05, 0) is 43.4 Å². The number of amides is 1. The van der Waals surface area contributed by atoms with E-state index in [2.05, 4.69) is 21.2 Å². The van der Waals surface area contributed by atoms with Gasteiger partial charge in [-0.3, -0.25) is 4.79 Å². The van der Waals surface area contributed by atoms with E-state index >= 15 is 0 Å². The van der Waals surface area contributed by atoms with Crippen molar-refractivity contribution in [1.82, 2.24) is 5.32 Å². The van der Waals surface area contributed by atoms with Crippen LogP contribution in [0.3, 0.4) is 0 Å². The van der Waals surface area contributed by atoms with Crippen LogP contribution in [0.4, 0.5) is 0 Å². The van der Waals surface area contributed by atoms with Crippen LogP contribution in [-0.4, -0.2) is 17.8 Å². The second-order valence-corrected chi connectivity index (χ2v) is 6.46. The molecule has 0 bridgehead atoms. The third-order valence-electron chi connectivity index (χ3n) is 3.87. The molecule has 0 radical (unpaired) electrons. The van der Waals surface area contributed by atoms with E-state index in [1.54, 1.807) is 0 Å². The smallest absolute Gasteiger partial charge is 0.251 e. The predicted octanol–water partition coefficient (Wildman–Crippen LogP) is 4.28. The Bertz CT molecular complexity index is 463. The molecule has 1 aromatic rings. The molecule has 0 saturated heterocycles. The molecule has 0 spiro atoms. The molecule has 1 aliphatic rings. The average molecular weight is 345 g/mol. The number of aryl methyl sites for hydroxylation is 1. The minimum atomic E-state index is 0.0146. The van der Waals surface area contributed by atoms with Crippen molar-refractivity contribution in [2.24, 2.45) is 5.92 Å². The number of nitrogens with one attached hydrogen (secondary N) is 1. The van der Waals surface area contributed by atoms with Crippen LogP contribution in [0.5, 0.6) is 0 Å². The molecule has 1 amide bonds. The first kappa shape index (κ1) is 14.9. The Morgan fingerprint density at radius 2 is 2.16 bits per heavy atom. The van der Waals surface area contributed by atoms with Crippen LogP contribution in [0, 0.1) is 12.8 Å². The molecule has 1 saturated carbocycles. The van der Waals surface area contributed by atoms with Gasteiger partial charge in [0.15, 0.2) is 0 Å². The number of benzene rings is 1. The highest BCUT2D eigenvalue weighted by molar-refractivity contribution is 9.10. The van der Waals surface area contributed by atoms with Crippen molar-refractivity contribution in [1.29, 1.82) is 0 Å². The van der Waals surface area contributed by atoms with Crippen LogP contribution in [0.25, 0.3) is 0 Å². The summed E-state index contributed by atoms with van der Waals surface area (Å²) in [4.78, 5) is 12.4. The Hall–Kier alpha value is -0.540. The van der Waals surface area contributed by atoms with Gasteiger partial charge in [-0.1, -0.05) is 34.8 Å². The lowest BCUT2D eigenvalue weighted by atomic mass is 9.85. The topological polar surface area (TPSA) is 29.1 Å². The normalized spacial score (nSPS) is 23.1. The summed E-state index contributed by atoms with van der Waals surface area (Å²) in [5.41, 5.74) is 1.74. The molecule has 1 aromatic carbocycles. The van der Waals surface area contributed by atoms with Crippen molar-refractivity contribution in [3.63, 3.8) is 0 Å². The summed E-state index contributed by atoms with van der Waals surface area (Å²) in [6, 6.07) is 6.01. The van der Waals surface area contributed by atoms with E-state index in [-0.39, 0.29) is 11.9 Å². The third-order valence-corrected chi connectivity index (χ3v) is 4.76. The Morgan fingerprint density at radius 1 is 1.42 bits per heavy atom. The zero-order valence-electron chi connectivity index (χ0n) is 11.1. The molecule has 1 aliphatic carbocycles. The number of carbonyl (C=O) groups is 1. The molecule has 2 nitrogen and oxygen atoms in total. The monoisotopic (exact) mass is 343 g/mol. The van der Waals surface area contributed by atoms with E-state index in [1.165, 1.54) is 12.8 Å². The van der Waals surface area contributed by atoms with Crippen molar-refractivity contribution < 1.29 is 4.79 Å². The minimum absolute atomic E-state index is 0.0146. The van der Waals surface area contributed by atoms with Gasteiger partial charge in [-0.2, -0.15) is 0 Å². The molecule has 2 unspecified atom stereocenters. The fraction of sp³-hybridized carbons (Fsp3) is 0.533. The van der Waals surface area contributed by atoms with E-state index in [9.17, 15) is 4.79 Å². The van der Waals surface area contributed by atoms with Gasteiger partial charge in [-0.25, -0.2) is 0 Å². The van der Waals surface area contributed by atoms with Crippen LogP contribution < -0.4 is 5.32 Å². The Labute approximate surface area is 128 Å². The molecule has 1 fully saturated rings. The number of hydrogen-bond donors (Lipinski definition) is 1. The van der Waals surface area contributed by atoms with E-state index in [0.717, 1.165) is 28.4 Å². The number of rotatable bonds is 3. The van der Waals surface area contributed by atoms with Crippen LogP contribution >= 0.6 is 27.5 Å². The van der Waals surface area contributed by atoms with Crippen LogP contribution in [0.1, 0.15) is 41.6 Å². The van der Waals surface area contributed by atoms with Crippen molar-refractivity contribution in [3.05, 3.63) is 33.8 Å². The van der Waals surface area contributed by atoms with Crippen molar-refractivity contribution in [2.45, 2.75) is 38.6 Å². The summed E-state index contributed by atoms with van der Waals surface area (Å²) in [5, 5.41) is 3.16. The van der Waals surface area contributed by atoms with E-state index in [1.807, 2.05) is 25.1 Å². The SMILES string of the molecule is Cc1ccc(Br)cc1C(=O)NC1CCCCC1CCl. The van der Waals surface area contributed by atoms with Crippen LogP contribution in [0.2, 0.25) is 0 Å². The van der Waals surface area contributed by atoms with Gasteiger partial charge in [0.1, 0.15) is 0 Å². The van der Waals surface area contributed by atoms with Crippen molar-refractivity contribution >= 4 is 33.4 Å². The summed E-state index contributed by atoms with van der Waals surface area (Å²) in [6.45, 7) is 1.96. The molecule has 1 N–H and O–H groups in total. The first-order valence-corrected chi connectivity index (χ1v) is 8.07. The quantitative estimate of drug-likeness (QED) is 0.815. The first-order valence-electron chi connectivity index (χ1n) is 6.75. The van der Waals surface area contributed by atoms with E-state index in [4.69, 9.17) is 11.6 Å². The summed E-state index contributed by atoms with van der Waals surface area (Å²) in [5.74, 6) is 1.05. The maximum absolute atomic E-state index is 12.4. The van der Waals surface area contributed by atoms with E-state index < -0.39 is 0 Å². The molecular formula is C15H19BrClNO. The van der Waals surface area contributed by atoms with Crippen LogP contribution in [0.15, 0.2) is 22.7 Å². The number of carbonyl (C=O) groups excluding carboxylic acids is 1. The highest BCUT2D eigenvalue weighted by atomic mass is 79.9. The molecule has 0 heterocycles. The number of alkyl halides is 1. The zero-order valence-corrected chi connectivity index (χ0v) is 13.4. The standard InChI is InChI=1S/C15H19BrClNO/c1-10-6-7-12(16)8-13(10)15(19)18-14-5-3-2-4-11(14)9-17/h6-8,11,14H,2-5,9H2,1H3,(H,18,19). The highest BCUT2D eigenvalue weighted by Crippen LogP contribution is 2.26. The maximum Gasteiger partial charge on any atom is 0.251 e. The lowest BCUT2D eigenvalue weighted by Gasteiger charge is -2.31. The minimum Gasteiger partial charge on any atom is -0.349 e. The summed E-state index contributed by atoms with van der Waals surface area (Å²) >= 11 is 9.42. The molecule has 4 heteroatoms. The van der Waals surface area contributed by atoms with Gasteiger partial charge >= 0.3 is 0 Å². The third kappa shape index (κ3) is 3.73. The average Bonchev–Trinajstić information content (AvgIpc) is 2.42. The van der Waals surface area contributed by atoms with Crippen molar-refractivity contribution in [3.8, 4) is 0 Å². The fourth-order valence-corrected chi connectivity index (χ4v) is 3.40. The van der Waals surface area contributed by atoms with Gasteiger partial charge in [0, 0.05) is 22.0 Å². The van der Waals surface area contributed by atoms with Gasteiger partial charge in [0.25, 0.3) is 5.91 Å². The zero-order chi connectivity index (χ0) is 13.8. The summed E-state index contributed by atoms with van der Waals surface area (Å²) in [6.07, 6.45) is 4.55. The number of halogens is 2. The van der Waals surface area contributed by atoms with Gasteiger partial charge in [-0.15, -0.1) is 11.6 Å². The molecule has 19 heavy (non-hydrogen) atoms. The first-order chi connectivity index (χ1) is 9.11. The van der Waals surface area contributed by atoms with Crippen LogP contribution in [-0.2, 0) is 0 Å². The largest absolute Gasteiger partial charge is 0.349 e. The lowest BCUT2D eigenvalue weighted by Crippen LogP contribution is -2.43. The molecular weight excluding hydrogens is 326 g/mol. The predicted molar refractivity (Wildman–Crippen MR) is 82.8 cm³/mol. The maximum atomic E-state index is 12.4.